The van der Waals surface area contributed by atoms with Gasteiger partial charge in [0.25, 0.3) is 5.91 Å². The average Bonchev–Trinajstić information content (AvgIpc) is 2.60. The summed E-state index contributed by atoms with van der Waals surface area (Å²) < 4.78 is 0. The number of nitrogens with one attached hydrogen (secondary N) is 2. The van der Waals surface area contributed by atoms with Crippen LogP contribution in [-0.4, -0.2) is 17.4 Å². The predicted octanol–water partition coefficient (Wildman–Crippen LogP) is 4.84. The minimum Gasteiger partial charge on any atom is -0.326 e. The molecule has 26 heavy (non-hydrogen) atoms. The van der Waals surface area contributed by atoms with Crippen molar-refractivity contribution in [1.82, 2.24) is 5.32 Å². The van der Waals surface area contributed by atoms with Crippen molar-refractivity contribution in [3.63, 3.8) is 0 Å². The van der Waals surface area contributed by atoms with Crippen LogP contribution in [0.3, 0.4) is 0 Å². The van der Waals surface area contributed by atoms with Gasteiger partial charge in [0.2, 0.25) is 5.96 Å². The van der Waals surface area contributed by atoms with E-state index in [-0.39, 0.29) is 11.4 Å². The Balaban J connectivity index is 1.85. The number of amides is 1. The summed E-state index contributed by atoms with van der Waals surface area (Å²) in [6.07, 6.45) is 0. The van der Waals surface area contributed by atoms with Gasteiger partial charge >= 0.3 is 0 Å². The minimum absolute atomic E-state index is 0.192. The smallest absolute Gasteiger partial charge is 0.257 e. The van der Waals surface area contributed by atoms with E-state index < -0.39 is 0 Å². The van der Waals surface area contributed by atoms with Crippen LogP contribution in [0.25, 0.3) is 10.8 Å². The second kappa shape index (κ2) is 7.40. The SMILES string of the molecule is CC(C)(C)N=C(NC(=O)c1ccc2ccccc2c1)Nc1ccccc1. The summed E-state index contributed by atoms with van der Waals surface area (Å²) >= 11 is 0. The van der Waals surface area contributed by atoms with Gasteiger partial charge in [-0.05, 0) is 55.8 Å². The molecule has 4 nitrogen and oxygen atoms in total. The number of hydrogen-bond donors (Lipinski definition) is 2. The van der Waals surface area contributed by atoms with Crippen LogP contribution in [0, 0.1) is 0 Å². The number of rotatable bonds is 2. The maximum absolute atomic E-state index is 12.7. The third kappa shape index (κ3) is 4.70. The van der Waals surface area contributed by atoms with Crippen LogP contribution in [0.15, 0.2) is 77.8 Å². The highest BCUT2D eigenvalue weighted by molar-refractivity contribution is 6.11. The molecule has 0 fully saturated rings. The van der Waals surface area contributed by atoms with Crippen molar-refractivity contribution >= 4 is 28.3 Å². The highest BCUT2D eigenvalue weighted by Gasteiger charge is 2.14. The van der Waals surface area contributed by atoms with Crippen molar-refractivity contribution in [3.05, 3.63) is 78.4 Å². The average molecular weight is 345 g/mol. The second-order valence-corrected chi connectivity index (χ2v) is 7.14. The highest BCUT2D eigenvalue weighted by atomic mass is 16.1. The van der Waals surface area contributed by atoms with Crippen LogP contribution in [0.5, 0.6) is 0 Å². The summed E-state index contributed by atoms with van der Waals surface area (Å²) in [6, 6.07) is 23.3. The Morgan fingerprint density at radius 1 is 0.846 bits per heavy atom. The van der Waals surface area contributed by atoms with E-state index in [2.05, 4.69) is 15.6 Å². The Kier molecular flexibility index (Phi) is 5.03. The van der Waals surface area contributed by atoms with Gasteiger partial charge in [0.1, 0.15) is 0 Å². The molecule has 0 aliphatic carbocycles. The molecule has 0 spiro atoms. The first kappa shape index (κ1) is 17.7. The van der Waals surface area contributed by atoms with E-state index >= 15 is 0 Å². The number of fused-ring (bicyclic) bond motifs is 1. The van der Waals surface area contributed by atoms with Crippen molar-refractivity contribution in [2.24, 2.45) is 4.99 Å². The van der Waals surface area contributed by atoms with E-state index in [1.807, 2.05) is 93.6 Å². The van der Waals surface area contributed by atoms with Crippen LogP contribution >= 0.6 is 0 Å². The zero-order valence-electron chi connectivity index (χ0n) is 15.3. The van der Waals surface area contributed by atoms with Gasteiger partial charge in [0.15, 0.2) is 0 Å². The van der Waals surface area contributed by atoms with E-state index in [4.69, 9.17) is 0 Å². The van der Waals surface area contributed by atoms with Gasteiger partial charge in [-0.25, -0.2) is 4.99 Å². The highest BCUT2D eigenvalue weighted by Crippen LogP contribution is 2.16. The van der Waals surface area contributed by atoms with Crippen molar-refractivity contribution in [2.45, 2.75) is 26.3 Å². The largest absolute Gasteiger partial charge is 0.326 e. The quantitative estimate of drug-likeness (QED) is 0.516. The first-order chi connectivity index (χ1) is 12.4. The number of aliphatic imine (C=N–C) groups is 1. The maximum Gasteiger partial charge on any atom is 0.257 e. The molecular formula is C22H23N3O. The topological polar surface area (TPSA) is 53.5 Å². The zero-order chi connectivity index (χ0) is 18.6. The molecule has 0 saturated carbocycles. The molecule has 0 heterocycles. The molecule has 0 atom stereocenters. The van der Waals surface area contributed by atoms with Crippen LogP contribution < -0.4 is 10.6 Å². The first-order valence-electron chi connectivity index (χ1n) is 8.63. The molecule has 1 amide bonds. The first-order valence-corrected chi connectivity index (χ1v) is 8.63. The Bertz CT molecular complexity index is 940. The van der Waals surface area contributed by atoms with E-state index in [0.29, 0.717) is 11.5 Å². The monoisotopic (exact) mass is 345 g/mol. The van der Waals surface area contributed by atoms with Gasteiger partial charge in [-0.1, -0.05) is 48.5 Å². The van der Waals surface area contributed by atoms with E-state index in [9.17, 15) is 4.79 Å². The lowest BCUT2D eigenvalue weighted by atomic mass is 10.1. The Labute approximate surface area is 154 Å². The molecule has 0 saturated heterocycles. The molecule has 0 radical (unpaired) electrons. The Morgan fingerprint density at radius 3 is 2.19 bits per heavy atom. The lowest BCUT2D eigenvalue weighted by Gasteiger charge is -2.18. The fourth-order valence-electron chi connectivity index (χ4n) is 2.59. The molecule has 0 bridgehead atoms. The van der Waals surface area contributed by atoms with Crippen LogP contribution in [-0.2, 0) is 0 Å². The van der Waals surface area contributed by atoms with Crippen molar-refractivity contribution < 1.29 is 4.79 Å². The van der Waals surface area contributed by atoms with Crippen LogP contribution in [0.1, 0.15) is 31.1 Å². The van der Waals surface area contributed by atoms with E-state index in [1.54, 1.807) is 0 Å². The molecule has 0 aliphatic heterocycles. The summed E-state index contributed by atoms with van der Waals surface area (Å²) in [6.45, 7) is 5.96. The number of para-hydroxylation sites is 1. The van der Waals surface area contributed by atoms with E-state index in [0.717, 1.165) is 16.5 Å². The molecular weight excluding hydrogens is 322 g/mol. The number of carbonyl (C=O) groups excluding carboxylic acids is 1. The number of nitrogens with zero attached hydrogens (tertiary/aromatic N) is 1. The summed E-state index contributed by atoms with van der Waals surface area (Å²) in [5.74, 6) is 0.240. The third-order valence-electron chi connectivity index (χ3n) is 3.73. The summed E-state index contributed by atoms with van der Waals surface area (Å²) in [5.41, 5.74) is 1.14. The standard InChI is InChI=1S/C22H23N3O/c1-22(2,3)25-21(23-19-11-5-4-6-12-19)24-20(26)18-14-13-16-9-7-8-10-17(16)15-18/h4-15H,1-3H3,(H2,23,24,25,26). The molecule has 0 unspecified atom stereocenters. The maximum atomic E-state index is 12.7. The Hall–Kier alpha value is -3.14. The van der Waals surface area contributed by atoms with Gasteiger partial charge in [-0.15, -0.1) is 0 Å². The predicted molar refractivity (Wildman–Crippen MR) is 109 cm³/mol. The Morgan fingerprint density at radius 2 is 1.50 bits per heavy atom. The molecule has 3 aromatic carbocycles. The molecule has 4 heteroatoms. The van der Waals surface area contributed by atoms with Gasteiger partial charge in [-0.3, -0.25) is 10.1 Å². The zero-order valence-corrected chi connectivity index (χ0v) is 15.3. The fraction of sp³-hybridized carbons (Fsp3) is 0.182. The van der Waals surface area contributed by atoms with Crippen molar-refractivity contribution in [1.29, 1.82) is 0 Å². The molecule has 3 rings (SSSR count). The lowest BCUT2D eigenvalue weighted by molar-refractivity contribution is 0.0977. The van der Waals surface area contributed by atoms with E-state index in [1.165, 1.54) is 0 Å². The summed E-state index contributed by atoms with van der Waals surface area (Å²) in [4.78, 5) is 17.3. The molecule has 0 aliphatic rings. The number of carbonyl (C=O) groups is 1. The molecule has 132 valence electrons. The second-order valence-electron chi connectivity index (χ2n) is 7.14. The number of benzene rings is 3. The molecule has 2 N–H and O–H groups in total. The van der Waals surface area contributed by atoms with Gasteiger partial charge in [0.05, 0.1) is 5.54 Å². The fourth-order valence-corrected chi connectivity index (χ4v) is 2.59. The van der Waals surface area contributed by atoms with Gasteiger partial charge in [-0.2, -0.15) is 0 Å². The number of anilines is 1. The van der Waals surface area contributed by atoms with Gasteiger partial charge in [0, 0.05) is 11.3 Å². The summed E-state index contributed by atoms with van der Waals surface area (Å²) in [7, 11) is 0. The minimum atomic E-state index is -0.326. The molecule has 0 aromatic heterocycles. The molecule has 3 aromatic rings. The van der Waals surface area contributed by atoms with Crippen LogP contribution in [0.2, 0.25) is 0 Å². The van der Waals surface area contributed by atoms with Crippen molar-refractivity contribution in [3.8, 4) is 0 Å². The number of guanidine groups is 1. The number of hydrogen-bond acceptors (Lipinski definition) is 2. The third-order valence-corrected chi connectivity index (χ3v) is 3.73. The van der Waals surface area contributed by atoms with Crippen molar-refractivity contribution in [2.75, 3.05) is 5.32 Å². The van der Waals surface area contributed by atoms with Crippen LogP contribution in [0.4, 0.5) is 5.69 Å². The lowest BCUT2D eigenvalue weighted by Crippen LogP contribution is -2.38. The normalized spacial score (nSPS) is 12.0. The summed E-state index contributed by atoms with van der Waals surface area (Å²) in [5, 5.41) is 8.23. The van der Waals surface area contributed by atoms with Gasteiger partial charge < -0.3 is 5.32 Å².